The average Bonchev–Trinajstić information content (AvgIpc) is 2.57. The second kappa shape index (κ2) is 8.24. The Labute approximate surface area is 149 Å². The zero-order valence-electron chi connectivity index (χ0n) is 14.4. The predicted molar refractivity (Wildman–Crippen MR) is 98.7 cm³/mol. The summed E-state index contributed by atoms with van der Waals surface area (Å²) in [6.45, 7) is 7.17. The van der Waals surface area contributed by atoms with Crippen LogP contribution >= 0.6 is 12.2 Å². The maximum atomic E-state index is 12.8. The van der Waals surface area contributed by atoms with Gasteiger partial charge < -0.3 is 15.0 Å². The molecule has 24 heavy (non-hydrogen) atoms. The van der Waals surface area contributed by atoms with E-state index in [1.54, 1.807) is 19.2 Å². The summed E-state index contributed by atoms with van der Waals surface area (Å²) in [5, 5.41) is 3.77. The summed E-state index contributed by atoms with van der Waals surface area (Å²) in [6, 6.07) is 5.28. The predicted octanol–water partition coefficient (Wildman–Crippen LogP) is 1.13. The summed E-state index contributed by atoms with van der Waals surface area (Å²) < 4.78 is 32.1. The highest BCUT2D eigenvalue weighted by Crippen LogP contribution is 2.20. The van der Waals surface area contributed by atoms with Crippen LogP contribution in [0.15, 0.2) is 23.1 Å². The molecule has 1 heterocycles. The number of methoxy groups -OCH3 is 1. The Morgan fingerprint density at radius 3 is 2.46 bits per heavy atom. The van der Waals surface area contributed by atoms with E-state index in [0.29, 0.717) is 49.3 Å². The number of ether oxygens (including phenoxy) is 1. The zero-order valence-corrected chi connectivity index (χ0v) is 16.0. The largest absolute Gasteiger partial charge is 0.383 e. The van der Waals surface area contributed by atoms with Crippen LogP contribution in [0, 0.1) is 13.8 Å². The van der Waals surface area contributed by atoms with E-state index >= 15 is 0 Å². The van der Waals surface area contributed by atoms with Crippen LogP contribution in [-0.4, -0.2) is 69.2 Å². The van der Waals surface area contributed by atoms with Crippen LogP contribution in [-0.2, 0) is 14.8 Å². The Balaban J connectivity index is 1.98. The van der Waals surface area contributed by atoms with Gasteiger partial charge in [-0.15, -0.1) is 0 Å². The van der Waals surface area contributed by atoms with E-state index in [4.69, 9.17) is 17.0 Å². The molecule has 0 amide bonds. The van der Waals surface area contributed by atoms with Crippen molar-refractivity contribution in [3.8, 4) is 0 Å². The fraction of sp³-hybridized carbons (Fsp3) is 0.562. The Bertz CT molecular complexity index is 684. The molecule has 1 saturated heterocycles. The number of rotatable bonds is 5. The van der Waals surface area contributed by atoms with Crippen molar-refractivity contribution in [3.63, 3.8) is 0 Å². The van der Waals surface area contributed by atoms with Gasteiger partial charge in [-0.25, -0.2) is 8.42 Å². The fourth-order valence-electron chi connectivity index (χ4n) is 2.53. The number of sulfonamides is 1. The van der Waals surface area contributed by atoms with E-state index in [2.05, 4.69) is 5.32 Å². The Hall–Kier alpha value is -1.22. The molecule has 0 unspecified atom stereocenters. The highest BCUT2D eigenvalue weighted by Gasteiger charge is 2.29. The van der Waals surface area contributed by atoms with Crippen LogP contribution in [0.4, 0.5) is 0 Å². The average molecular weight is 372 g/mol. The molecule has 0 aliphatic carbocycles. The maximum absolute atomic E-state index is 12.8. The van der Waals surface area contributed by atoms with Crippen LogP contribution in [0.5, 0.6) is 0 Å². The first-order valence-corrected chi connectivity index (χ1v) is 9.80. The summed E-state index contributed by atoms with van der Waals surface area (Å²) >= 11 is 5.34. The van der Waals surface area contributed by atoms with Gasteiger partial charge in [0.1, 0.15) is 0 Å². The first-order valence-electron chi connectivity index (χ1n) is 7.95. The van der Waals surface area contributed by atoms with Crippen LogP contribution in [0.1, 0.15) is 11.1 Å². The number of hydrogen-bond acceptors (Lipinski definition) is 4. The van der Waals surface area contributed by atoms with E-state index in [1.165, 1.54) is 4.31 Å². The van der Waals surface area contributed by atoms with E-state index in [0.717, 1.165) is 11.1 Å². The second-order valence-corrected chi connectivity index (χ2v) is 8.19. The monoisotopic (exact) mass is 371 g/mol. The Morgan fingerprint density at radius 2 is 1.88 bits per heavy atom. The minimum Gasteiger partial charge on any atom is -0.383 e. The third-order valence-electron chi connectivity index (χ3n) is 4.22. The van der Waals surface area contributed by atoms with Crippen molar-refractivity contribution in [2.45, 2.75) is 18.7 Å². The molecule has 1 aromatic rings. The highest BCUT2D eigenvalue weighted by atomic mass is 32.2. The summed E-state index contributed by atoms with van der Waals surface area (Å²) in [5.41, 5.74) is 2.07. The number of piperazine rings is 1. The molecule has 1 N–H and O–H groups in total. The number of nitrogens with zero attached hydrogens (tertiary/aromatic N) is 2. The van der Waals surface area contributed by atoms with Gasteiger partial charge in [0.05, 0.1) is 11.5 Å². The second-order valence-electron chi connectivity index (χ2n) is 5.86. The van der Waals surface area contributed by atoms with E-state index in [9.17, 15) is 8.42 Å². The molecule has 134 valence electrons. The van der Waals surface area contributed by atoms with Crippen LogP contribution in [0.25, 0.3) is 0 Å². The smallest absolute Gasteiger partial charge is 0.243 e. The number of nitrogens with one attached hydrogen (secondary N) is 1. The molecule has 1 fully saturated rings. The molecule has 0 bridgehead atoms. The van der Waals surface area contributed by atoms with E-state index in [1.807, 2.05) is 24.8 Å². The van der Waals surface area contributed by atoms with Crippen molar-refractivity contribution < 1.29 is 13.2 Å². The van der Waals surface area contributed by atoms with Gasteiger partial charge in [-0.2, -0.15) is 4.31 Å². The maximum Gasteiger partial charge on any atom is 0.243 e. The molecule has 0 spiro atoms. The minimum atomic E-state index is -3.45. The van der Waals surface area contributed by atoms with Gasteiger partial charge in [-0.3, -0.25) is 0 Å². The highest BCUT2D eigenvalue weighted by molar-refractivity contribution is 7.89. The number of aryl methyl sites for hydroxylation is 2. The molecular formula is C16H25N3O3S2. The first-order chi connectivity index (χ1) is 11.4. The van der Waals surface area contributed by atoms with Gasteiger partial charge in [0, 0.05) is 39.8 Å². The van der Waals surface area contributed by atoms with Crippen molar-refractivity contribution in [1.82, 2.24) is 14.5 Å². The number of benzene rings is 1. The molecular weight excluding hydrogens is 346 g/mol. The van der Waals surface area contributed by atoms with Crippen LogP contribution in [0.3, 0.4) is 0 Å². The van der Waals surface area contributed by atoms with Crippen molar-refractivity contribution in [3.05, 3.63) is 29.3 Å². The lowest BCUT2D eigenvalue weighted by Crippen LogP contribution is -2.53. The van der Waals surface area contributed by atoms with Gasteiger partial charge in [0.15, 0.2) is 5.11 Å². The summed E-state index contributed by atoms with van der Waals surface area (Å²) in [5.74, 6) is 0. The SMILES string of the molecule is COCCNC(=S)N1CCN(S(=O)(=O)c2ccc(C)c(C)c2)CC1. The molecule has 0 radical (unpaired) electrons. The lowest BCUT2D eigenvalue weighted by molar-refractivity contribution is 0.201. The Kier molecular flexibility index (Phi) is 6.56. The standard InChI is InChI=1S/C16H25N3O3S2/c1-13-4-5-15(12-14(13)2)24(20,21)19-9-7-18(8-10-19)16(23)17-6-11-22-3/h4-5,12H,6-11H2,1-3H3,(H,17,23). The number of thiocarbonyl (C=S) groups is 1. The lowest BCUT2D eigenvalue weighted by Gasteiger charge is -2.35. The van der Waals surface area contributed by atoms with Crippen molar-refractivity contribution >= 4 is 27.4 Å². The molecule has 6 nitrogen and oxygen atoms in total. The Morgan fingerprint density at radius 1 is 1.21 bits per heavy atom. The zero-order chi connectivity index (χ0) is 17.7. The summed E-state index contributed by atoms with van der Waals surface area (Å²) in [4.78, 5) is 2.36. The van der Waals surface area contributed by atoms with Crippen molar-refractivity contribution in [2.75, 3.05) is 46.4 Å². The molecule has 1 aliphatic heterocycles. The quantitative estimate of drug-likeness (QED) is 0.618. The first kappa shape index (κ1) is 19.1. The van der Waals surface area contributed by atoms with Gasteiger partial charge in [-0.05, 0) is 49.3 Å². The lowest BCUT2D eigenvalue weighted by atomic mass is 10.1. The third kappa shape index (κ3) is 4.44. The third-order valence-corrected chi connectivity index (χ3v) is 6.52. The van der Waals surface area contributed by atoms with Gasteiger partial charge in [0.2, 0.25) is 10.0 Å². The van der Waals surface area contributed by atoms with Crippen molar-refractivity contribution in [1.29, 1.82) is 0 Å². The molecule has 2 rings (SSSR count). The van der Waals surface area contributed by atoms with Crippen LogP contribution in [0.2, 0.25) is 0 Å². The minimum absolute atomic E-state index is 0.361. The summed E-state index contributed by atoms with van der Waals surface area (Å²) in [6.07, 6.45) is 0. The summed E-state index contributed by atoms with van der Waals surface area (Å²) in [7, 11) is -1.81. The topological polar surface area (TPSA) is 61.9 Å². The fourth-order valence-corrected chi connectivity index (χ4v) is 4.32. The van der Waals surface area contributed by atoms with E-state index < -0.39 is 10.0 Å². The molecule has 0 atom stereocenters. The van der Waals surface area contributed by atoms with Gasteiger partial charge >= 0.3 is 0 Å². The number of hydrogen-bond donors (Lipinski definition) is 1. The molecule has 1 aromatic carbocycles. The normalized spacial score (nSPS) is 16.2. The van der Waals surface area contributed by atoms with E-state index in [-0.39, 0.29) is 0 Å². The molecule has 1 aliphatic rings. The van der Waals surface area contributed by atoms with Gasteiger partial charge in [-0.1, -0.05) is 6.07 Å². The van der Waals surface area contributed by atoms with Crippen LogP contribution < -0.4 is 5.32 Å². The molecule has 0 aromatic heterocycles. The molecule has 0 saturated carbocycles. The van der Waals surface area contributed by atoms with Crippen molar-refractivity contribution in [2.24, 2.45) is 0 Å². The van der Waals surface area contributed by atoms with Gasteiger partial charge in [0.25, 0.3) is 0 Å². The molecule has 8 heteroatoms.